The minimum Gasteiger partial charge on any atom is -0.343 e. The van der Waals surface area contributed by atoms with Crippen molar-refractivity contribution >= 4 is 17.1 Å². The average molecular weight is 417 g/mol. The Morgan fingerprint density at radius 1 is 1.00 bits per heavy atom. The number of nitrogens with zero attached hydrogens (tertiary/aromatic N) is 2. The third kappa shape index (κ3) is 3.92. The number of hydrogen-bond donors (Lipinski definition) is 3. The van der Waals surface area contributed by atoms with Crippen LogP contribution in [0, 0.1) is 0 Å². The number of H-pyrrole nitrogens is 2. The number of carbonyl (C=O) groups excluding carboxylic acids is 1. The Bertz CT molecular complexity index is 1300. The largest absolute Gasteiger partial charge is 0.343 e. The predicted octanol–water partition coefficient (Wildman–Crippen LogP) is 1.96. The minimum absolute atomic E-state index is 0.154. The molecule has 158 valence electrons. The number of fused-ring (bicyclic) bond motifs is 1. The van der Waals surface area contributed by atoms with Crippen LogP contribution >= 0.6 is 0 Å². The van der Waals surface area contributed by atoms with Crippen LogP contribution in [-0.4, -0.2) is 25.4 Å². The molecule has 8 nitrogen and oxygen atoms in total. The molecule has 0 spiro atoms. The molecular weight excluding hydrogens is 394 g/mol. The third-order valence-corrected chi connectivity index (χ3v) is 5.48. The van der Waals surface area contributed by atoms with Crippen LogP contribution in [0.15, 0.2) is 70.3 Å². The van der Waals surface area contributed by atoms with E-state index in [0.29, 0.717) is 12.2 Å². The number of hydrogen-bond acceptors (Lipinski definition) is 4. The van der Waals surface area contributed by atoms with E-state index in [2.05, 4.69) is 20.3 Å². The Hall–Kier alpha value is -3.94. The molecule has 1 amide bonds. The fourth-order valence-electron chi connectivity index (χ4n) is 3.70. The van der Waals surface area contributed by atoms with Gasteiger partial charge in [-0.1, -0.05) is 60.7 Å². The summed E-state index contributed by atoms with van der Waals surface area (Å²) >= 11 is 0. The van der Waals surface area contributed by atoms with Crippen LogP contribution in [0.4, 0.5) is 0 Å². The van der Waals surface area contributed by atoms with Crippen molar-refractivity contribution in [2.75, 3.05) is 0 Å². The summed E-state index contributed by atoms with van der Waals surface area (Å²) in [5.74, 6) is 0.316. The lowest BCUT2D eigenvalue weighted by Gasteiger charge is -2.32. The Morgan fingerprint density at radius 2 is 1.58 bits per heavy atom. The zero-order valence-corrected chi connectivity index (χ0v) is 17.3. The zero-order chi connectivity index (χ0) is 22.0. The van der Waals surface area contributed by atoms with E-state index in [9.17, 15) is 14.4 Å². The summed E-state index contributed by atoms with van der Waals surface area (Å²) in [5, 5.41) is 3.16. The van der Waals surface area contributed by atoms with Gasteiger partial charge in [0, 0.05) is 19.9 Å². The molecule has 31 heavy (non-hydrogen) atoms. The summed E-state index contributed by atoms with van der Waals surface area (Å²) < 4.78 is 1.26. The second-order valence-electron chi connectivity index (χ2n) is 7.61. The van der Waals surface area contributed by atoms with E-state index in [1.54, 1.807) is 0 Å². The van der Waals surface area contributed by atoms with Gasteiger partial charge >= 0.3 is 5.69 Å². The number of benzene rings is 2. The lowest BCUT2D eigenvalue weighted by atomic mass is 9.84. The molecule has 0 unspecified atom stereocenters. The van der Waals surface area contributed by atoms with Gasteiger partial charge in [0.25, 0.3) is 5.56 Å². The molecule has 2 heterocycles. The number of imidazole rings is 1. The second-order valence-corrected chi connectivity index (χ2v) is 7.61. The summed E-state index contributed by atoms with van der Waals surface area (Å²) in [6, 6.07) is 19.6. The highest BCUT2D eigenvalue weighted by Crippen LogP contribution is 2.29. The molecule has 3 N–H and O–H groups in total. The Balaban J connectivity index is 1.56. The topological polar surface area (TPSA) is 113 Å². The van der Waals surface area contributed by atoms with Crippen molar-refractivity contribution in [3.63, 3.8) is 0 Å². The average Bonchev–Trinajstić information content (AvgIpc) is 3.22. The Kier molecular flexibility index (Phi) is 5.29. The van der Waals surface area contributed by atoms with Crippen molar-refractivity contribution in [3.05, 3.63) is 98.5 Å². The maximum absolute atomic E-state index is 12.9. The number of aryl methyl sites for hydroxylation is 2. The van der Waals surface area contributed by atoms with Crippen LogP contribution in [0.5, 0.6) is 0 Å². The summed E-state index contributed by atoms with van der Waals surface area (Å²) in [5.41, 5.74) is 0.670. The first-order valence-corrected chi connectivity index (χ1v) is 9.98. The van der Waals surface area contributed by atoms with Crippen LogP contribution in [0.3, 0.4) is 0 Å². The molecule has 0 saturated heterocycles. The van der Waals surface area contributed by atoms with Crippen molar-refractivity contribution in [2.24, 2.45) is 7.05 Å². The van der Waals surface area contributed by atoms with Gasteiger partial charge in [0.15, 0.2) is 5.65 Å². The molecule has 0 bridgehead atoms. The number of aromatic amines is 2. The highest BCUT2D eigenvalue weighted by molar-refractivity contribution is 5.78. The number of amides is 1. The normalized spacial score (nSPS) is 11.5. The van der Waals surface area contributed by atoms with E-state index in [1.165, 1.54) is 11.6 Å². The molecule has 0 atom stereocenters. The van der Waals surface area contributed by atoms with Crippen LogP contribution in [0.1, 0.15) is 30.3 Å². The fraction of sp³-hybridized carbons (Fsp3) is 0.217. The lowest BCUT2D eigenvalue weighted by molar-refractivity contribution is -0.122. The molecule has 0 aliphatic rings. The van der Waals surface area contributed by atoms with Gasteiger partial charge in [-0.2, -0.15) is 0 Å². The van der Waals surface area contributed by atoms with Gasteiger partial charge in [0.2, 0.25) is 5.91 Å². The van der Waals surface area contributed by atoms with Gasteiger partial charge in [-0.25, -0.2) is 9.78 Å². The zero-order valence-electron chi connectivity index (χ0n) is 17.3. The van der Waals surface area contributed by atoms with E-state index in [1.807, 2.05) is 67.6 Å². The van der Waals surface area contributed by atoms with Gasteiger partial charge in [-0.15, -0.1) is 0 Å². The van der Waals surface area contributed by atoms with E-state index < -0.39 is 16.8 Å². The number of rotatable bonds is 6. The first-order chi connectivity index (χ1) is 14.9. The SMILES string of the molecule is Cn1c(=O)[nH]c(=O)c2[nH]c(CCC(=O)NC(C)(c3ccccc3)c3ccccc3)nc21. The molecular formula is C23H23N5O3. The molecule has 0 aliphatic carbocycles. The van der Waals surface area contributed by atoms with E-state index >= 15 is 0 Å². The van der Waals surface area contributed by atoms with Gasteiger partial charge in [-0.05, 0) is 18.1 Å². The molecule has 4 rings (SSSR count). The van der Waals surface area contributed by atoms with E-state index in [0.717, 1.165) is 11.1 Å². The molecule has 2 aromatic carbocycles. The molecule has 0 fully saturated rings. The first-order valence-electron chi connectivity index (χ1n) is 9.98. The van der Waals surface area contributed by atoms with E-state index in [4.69, 9.17) is 0 Å². The molecule has 0 saturated carbocycles. The highest BCUT2D eigenvalue weighted by atomic mass is 16.2. The van der Waals surface area contributed by atoms with Gasteiger partial charge in [0.1, 0.15) is 11.3 Å². The summed E-state index contributed by atoms with van der Waals surface area (Å²) in [4.78, 5) is 46.1. The molecule has 2 aromatic heterocycles. The first kappa shape index (κ1) is 20.3. The maximum Gasteiger partial charge on any atom is 0.329 e. The van der Waals surface area contributed by atoms with Crippen LogP contribution in [0.25, 0.3) is 11.2 Å². The van der Waals surface area contributed by atoms with Crippen LogP contribution < -0.4 is 16.6 Å². The maximum atomic E-state index is 12.9. The van der Waals surface area contributed by atoms with Crippen LogP contribution in [-0.2, 0) is 23.8 Å². The summed E-state index contributed by atoms with van der Waals surface area (Å²) in [7, 11) is 1.53. The number of nitrogens with one attached hydrogen (secondary N) is 3. The van der Waals surface area contributed by atoms with Gasteiger partial charge in [-0.3, -0.25) is 19.1 Å². The highest BCUT2D eigenvalue weighted by Gasteiger charge is 2.30. The monoisotopic (exact) mass is 417 g/mol. The fourth-order valence-corrected chi connectivity index (χ4v) is 3.70. The molecule has 8 heteroatoms. The molecule has 0 radical (unpaired) electrons. The Labute approximate surface area is 178 Å². The number of aromatic nitrogens is 4. The van der Waals surface area contributed by atoms with Crippen LogP contribution in [0.2, 0.25) is 0 Å². The van der Waals surface area contributed by atoms with Gasteiger partial charge in [0.05, 0.1) is 5.54 Å². The second kappa shape index (κ2) is 8.06. The van der Waals surface area contributed by atoms with Crippen molar-refractivity contribution in [2.45, 2.75) is 25.3 Å². The summed E-state index contributed by atoms with van der Waals surface area (Å²) in [6.07, 6.45) is 0.467. The standard InChI is InChI=1S/C23H23N5O3/c1-23(15-9-5-3-6-10-15,16-11-7-4-8-12-16)27-18(29)14-13-17-24-19-20(25-17)28(2)22(31)26-21(19)30/h3-12H,13-14H2,1-2H3,(H,24,25)(H,27,29)(H,26,30,31). The van der Waals surface area contributed by atoms with E-state index in [-0.39, 0.29) is 23.5 Å². The summed E-state index contributed by atoms with van der Waals surface area (Å²) in [6.45, 7) is 1.98. The number of carbonyl (C=O) groups is 1. The van der Waals surface area contributed by atoms with Crippen molar-refractivity contribution in [1.29, 1.82) is 0 Å². The van der Waals surface area contributed by atoms with Crippen molar-refractivity contribution < 1.29 is 4.79 Å². The smallest absolute Gasteiger partial charge is 0.329 e. The minimum atomic E-state index is -0.700. The Morgan fingerprint density at radius 3 is 2.16 bits per heavy atom. The quantitative estimate of drug-likeness (QED) is 0.445. The molecule has 0 aliphatic heterocycles. The van der Waals surface area contributed by atoms with Crippen molar-refractivity contribution in [3.8, 4) is 0 Å². The lowest BCUT2D eigenvalue weighted by Crippen LogP contribution is -2.44. The molecule has 4 aromatic rings. The third-order valence-electron chi connectivity index (χ3n) is 5.48. The van der Waals surface area contributed by atoms with Crippen molar-refractivity contribution in [1.82, 2.24) is 24.8 Å². The van der Waals surface area contributed by atoms with Gasteiger partial charge < -0.3 is 10.3 Å². The predicted molar refractivity (Wildman–Crippen MR) is 118 cm³/mol.